The first-order valence-electron chi connectivity index (χ1n) is 9.90. The zero-order valence-electron chi connectivity index (χ0n) is 19.3. The maximum absolute atomic E-state index is 11.6. The second kappa shape index (κ2) is 15.3. The van der Waals surface area contributed by atoms with Crippen LogP contribution in [0.2, 0.25) is 0 Å². The molecule has 0 fully saturated rings. The van der Waals surface area contributed by atoms with Gasteiger partial charge in [0.25, 0.3) is 0 Å². The Labute approximate surface area is 198 Å². The van der Waals surface area contributed by atoms with Crippen molar-refractivity contribution in [2.75, 3.05) is 0 Å². The number of nitrogens with zero attached hydrogens (tertiary/aromatic N) is 1. The summed E-state index contributed by atoms with van der Waals surface area (Å²) in [5.41, 5.74) is 12.8. The molecule has 0 aliphatic carbocycles. The SMILES string of the molecule is CC(C)OC(=O)[C@H](C)N.Cc1ncc(COP)c(CN)c1O.Oc1ccc(OC(F)(F)F)cc1. The van der Waals surface area contributed by atoms with Gasteiger partial charge in [-0.1, -0.05) is 0 Å². The second-order valence-corrected chi connectivity index (χ2v) is 7.36. The van der Waals surface area contributed by atoms with Crippen molar-refractivity contribution in [1.82, 2.24) is 4.98 Å². The maximum Gasteiger partial charge on any atom is 0.573 e. The molecule has 0 aliphatic rings. The van der Waals surface area contributed by atoms with E-state index in [0.717, 1.165) is 29.8 Å². The highest BCUT2D eigenvalue weighted by molar-refractivity contribution is 7.09. The summed E-state index contributed by atoms with van der Waals surface area (Å²) in [5.74, 6) is -0.628. The molecule has 0 aliphatic heterocycles. The summed E-state index contributed by atoms with van der Waals surface area (Å²) in [6.45, 7) is 7.60. The molecule has 1 unspecified atom stereocenters. The van der Waals surface area contributed by atoms with Gasteiger partial charge in [0.15, 0.2) is 0 Å². The highest BCUT2D eigenvalue weighted by Crippen LogP contribution is 2.24. The van der Waals surface area contributed by atoms with E-state index < -0.39 is 12.4 Å². The van der Waals surface area contributed by atoms with Gasteiger partial charge in [-0.2, -0.15) is 0 Å². The van der Waals surface area contributed by atoms with Crippen molar-refractivity contribution in [2.45, 2.75) is 59.4 Å². The van der Waals surface area contributed by atoms with Crippen molar-refractivity contribution in [2.24, 2.45) is 11.5 Å². The monoisotopic (exact) mass is 509 g/mol. The number of phenols is 1. The van der Waals surface area contributed by atoms with E-state index in [2.05, 4.69) is 19.2 Å². The zero-order chi connectivity index (χ0) is 26.5. The van der Waals surface area contributed by atoms with E-state index in [4.69, 9.17) is 25.8 Å². The molecule has 2 atom stereocenters. The van der Waals surface area contributed by atoms with Crippen molar-refractivity contribution in [3.05, 3.63) is 47.3 Å². The lowest BCUT2D eigenvalue weighted by Gasteiger charge is -2.09. The number of aryl methyl sites for hydroxylation is 1. The zero-order valence-corrected chi connectivity index (χ0v) is 20.5. The summed E-state index contributed by atoms with van der Waals surface area (Å²) < 4.78 is 47.8. The molecule has 0 amide bonds. The third-order valence-corrected chi connectivity index (χ3v) is 3.83. The number of aromatic hydroxyl groups is 2. The number of phenolic OH excluding ortho intramolecular Hbond substituents is 1. The fourth-order valence-corrected chi connectivity index (χ4v) is 2.29. The topological polar surface area (TPSA) is 150 Å². The van der Waals surface area contributed by atoms with E-state index >= 15 is 0 Å². The Morgan fingerprint density at radius 2 is 1.74 bits per heavy atom. The molecule has 1 aromatic carbocycles. The number of ether oxygens (including phenoxy) is 2. The molecule has 13 heteroatoms. The average molecular weight is 509 g/mol. The maximum atomic E-state index is 11.6. The predicted octanol–water partition coefficient (Wildman–Crippen LogP) is 3.44. The number of carbonyl (C=O) groups excluding carboxylic acids is 1. The number of halogens is 3. The Balaban J connectivity index is 0.000000490. The number of hydrogen-bond donors (Lipinski definition) is 4. The summed E-state index contributed by atoms with van der Waals surface area (Å²) in [6, 6.07) is 3.78. The van der Waals surface area contributed by atoms with Gasteiger partial charge >= 0.3 is 12.3 Å². The van der Waals surface area contributed by atoms with E-state index in [1.165, 1.54) is 0 Å². The molecule has 34 heavy (non-hydrogen) atoms. The van der Waals surface area contributed by atoms with E-state index in [1.807, 2.05) is 0 Å². The van der Waals surface area contributed by atoms with Crippen LogP contribution in [0.4, 0.5) is 13.2 Å². The standard InChI is InChI=1S/C8H13N2O2P.C7H5F3O2.C6H13NO2/c1-5-8(11)7(2-9)6(3-10-5)4-12-13;8-7(9,10)12-6-3-1-5(11)2-4-6;1-4(2)9-6(8)5(3)7/h3,11H,2,4,9,13H2,1H3;1-4,11H;4-5H,7H2,1-3H3/t;;5-/m..0/s1. The van der Waals surface area contributed by atoms with Crippen molar-refractivity contribution in [3.63, 3.8) is 0 Å². The summed E-state index contributed by atoms with van der Waals surface area (Å²) in [7, 11) is 2.15. The average Bonchev–Trinajstić information content (AvgIpc) is 2.72. The minimum Gasteiger partial charge on any atom is -0.508 e. The lowest BCUT2D eigenvalue weighted by molar-refractivity contribution is -0.274. The third-order valence-electron chi connectivity index (χ3n) is 3.67. The molecule has 2 rings (SSSR count). The highest BCUT2D eigenvalue weighted by atomic mass is 31.0. The second-order valence-electron chi connectivity index (χ2n) is 7.03. The smallest absolute Gasteiger partial charge is 0.508 e. The normalized spacial score (nSPS) is 11.5. The lowest BCUT2D eigenvalue weighted by atomic mass is 10.1. The number of aromatic nitrogens is 1. The fraction of sp³-hybridized carbons (Fsp3) is 0.429. The van der Waals surface area contributed by atoms with Crippen LogP contribution >= 0.6 is 9.47 Å². The van der Waals surface area contributed by atoms with E-state index in [-0.39, 0.29) is 29.3 Å². The first kappa shape index (κ1) is 31.3. The quantitative estimate of drug-likeness (QED) is 0.339. The Kier molecular flexibility index (Phi) is 14.1. The van der Waals surface area contributed by atoms with Gasteiger partial charge < -0.3 is 35.7 Å². The van der Waals surface area contributed by atoms with Gasteiger partial charge in [-0.25, -0.2) is 0 Å². The molecule has 1 aromatic heterocycles. The Hall–Kier alpha value is -2.66. The van der Waals surface area contributed by atoms with Crippen molar-refractivity contribution < 1.29 is 42.2 Å². The van der Waals surface area contributed by atoms with Gasteiger partial charge in [0, 0.05) is 33.3 Å². The molecule has 0 spiro atoms. The molecule has 0 saturated carbocycles. The first-order valence-corrected chi connectivity index (χ1v) is 10.4. The summed E-state index contributed by atoms with van der Waals surface area (Å²) in [6.07, 6.45) is -3.08. The Morgan fingerprint density at radius 1 is 1.18 bits per heavy atom. The van der Waals surface area contributed by atoms with Crippen molar-refractivity contribution in [1.29, 1.82) is 0 Å². The Bertz CT molecular complexity index is 881. The van der Waals surface area contributed by atoms with Gasteiger partial charge in [-0.15, -0.1) is 13.2 Å². The van der Waals surface area contributed by atoms with Crippen LogP contribution in [0.15, 0.2) is 30.5 Å². The van der Waals surface area contributed by atoms with Crippen LogP contribution in [0.1, 0.15) is 37.6 Å². The van der Waals surface area contributed by atoms with E-state index in [1.54, 1.807) is 33.9 Å². The summed E-state index contributed by atoms with van der Waals surface area (Å²) >= 11 is 0. The molecule has 6 N–H and O–H groups in total. The first-order chi connectivity index (χ1) is 15.7. The van der Waals surface area contributed by atoms with Gasteiger partial charge in [-0.05, 0) is 52.0 Å². The van der Waals surface area contributed by atoms with Crippen LogP contribution < -0.4 is 16.2 Å². The lowest BCUT2D eigenvalue weighted by Crippen LogP contribution is -2.30. The fourth-order valence-electron chi connectivity index (χ4n) is 2.11. The van der Waals surface area contributed by atoms with Crippen molar-refractivity contribution in [3.8, 4) is 17.2 Å². The number of alkyl halides is 3. The largest absolute Gasteiger partial charge is 0.573 e. The van der Waals surface area contributed by atoms with E-state index in [9.17, 15) is 23.1 Å². The van der Waals surface area contributed by atoms with E-state index in [0.29, 0.717) is 24.4 Å². The van der Waals surface area contributed by atoms with Crippen LogP contribution in [-0.2, 0) is 27.2 Å². The van der Waals surface area contributed by atoms with Crippen LogP contribution in [0, 0.1) is 6.92 Å². The summed E-state index contributed by atoms with van der Waals surface area (Å²) in [5, 5.41) is 18.3. The van der Waals surface area contributed by atoms with Crippen LogP contribution in [0.25, 0.3) is 0 Å². The molecule has 2 aromatic rings. The molecule has 0 saturated heterocycles. The number of pyridine rings is 1. The highest BCUT2D eigenvalue weighted by Gasteiger charge is 2.30. The van der Waals surface area contributed by atoms with Crippen LogP contribution in [0.5, 0.6) is 17.2 Å². The molecule has 0 bridgehead atoms. The molecule has 192 valence electrons. The third kappa shape index (κ3) is 13.1. The molecule has 1 heterocycles. The van der Waals surface area contributed by atoms with Gasteiger partial charge in [0.2, 0.25) is 0 Å². The molecular weight excluding hydrogens is 478 g/mol. The molecule has 9 nitrogen and oxygen atoms in total. The minimum atomic E-state index is -4.68. The number of carbonyl (C=O) groups is 1. The molecular formula is C21H31F3N3O6P. The minimum absolute atomic E-state index is 0.0662. The van der Waals surface area contributed by atoms with Crippen LogP contribution in [-0.4, -0.2) is 39.7 Å². The van der Waals surface area contributed by atoms with Gasteiger partial charge in [0.05, 0.1) is 18.4 Å². The Morgan fingerprint density at radius 3 is 2.12 bits per heavy atom. The van der Waals surface area contributed by atoms with Crippen molar-refractivity contribution >= 4 is 15.4 Å². The number of hydrogen-bond acceptors (Lipinski definition) is 9. The number of esters is 1. The molecule has 0 radical (unpaired) electrons. The van der Waals surface area contributed by atoms with Crippen LogP contribution in [0.3, 0.4) is 0 Å². The number of benzene rings is 1. The van der Waals surface area contributed by atoms with Gasteiger partial charge in [-0.3, -0.25) is 9.78 Å². The summed E-state index contributed by atoms with van der Waals surface area (Å²) in [4.78, 5) is 14.6. The van der Waals surface area contributed by atoms with Gasteiger partial charge in [0.1, 0.15) is 23.3 Å². The number of rotatable bonds is 6. The number of nitrogens with two attached hydrogens (primary N) is 2. The predicted molar refractivity (Wildman–Crippen MR) is 123 cm³/mol.